The molecule has 1 heterocycles. The van der Waals surface area contributed by atoms with Crippen LogP contribution in [0, 0.1) is 11.3 Å². The summed E-state index contributed by atoms with van der Waals surface area (Å²) in [4.78, 5) is 2.40. The highest BCUT2D eigenvalue weighted by Crippen LogP contribution is 2.34. The third-order valence-corrected chi connectivity index (χ3v) is 5.04. The first-order chi connectivity index (χ1) is 12.6. The van der Waals surface area contributed by atoms with Gasteiger partial charge in [0.1, 0.15) is 6.07 Å². The van der Waals surface area contributed by atoms with Crippen molar-refractivity contribution >= 4 is 16.6 Å². The average molecular weight is 346 g/mol. The normalized spacial score (nSPS) is 11.2. The Bertz CT molecular complexity index is 941. The number of anilines is 1. The molecule has 3 rings (SSSR count). The number of hydrogen-bond acceptors (Lipinski definition) is 3. The maximum Gasteiger partial charge on any atom is 0.102 e. The number of nitrogens with zero attached hydrogens (tertiary/aromatic N) is 3. The minimum Gasteiger partial charge on any atom is -0.399 e. The summed E-state index contributed by atoms with van der Waals surface area (Å²) in [6.07, 6.45) is 0. The summed E-state index contributed by atoms with van der Waals surface area (Å²) < 4.78 is 2.24. The summed E-state index contributed by atoms with van der Waals surface area (Å²) in [5.41, 5.74) is 11.7. The van der Waals surface area contributed by atoms with E-state index in [2.05, 4.69) is 54.5 Å². The van der Waals surface area contributed by atoms with Gasteiger partial charge in [-0.25, -0.2) is 0 Å². The second-order valence-corrected chi connectivity index (χ2v) is 6.51. The van der Waals surface area contributed by atoms with Gasteiger partial charge in [-0.05, 0) is 49.3 Å². The zero-order valence-corrected chi connectivity index (χ0v) is 15.8. The van der Waals surface area contributed by atoms with Crippen LogP contribution in [-0.2, 0) is 13.1 Å². The fourth-order valence-corrected chi connectivity index (χ4v) is 3.58. The van der Waals surface area contributed by atoms with E-state index >= 15 is 0 Å². The van der Waals surface area contributed by atoms with Crippen molar-refractivity contribution in [2.45, 2.75) is 33.9 Å². The van der Waals surface area contributed by atoms with E-state index in [9.17, 15) is 5.26 Å². The lowest BCUT2D eigenvalue weighted by molar-refractivity contribution is 0.296. The van der Waals surface area contributed by atoms with E-state index < -0.39 is 0 Å². The van der Waals surface area contributed by atoms with Crippen LogP contribution in [0.15, 0.2) is 42.5 Å². The second kappa shape index (κ2) is 7.63. The Labute approximate surface area is 155 Å². The lowest BCUT2D eigenvalue weighted by Gasteiger charge is -2.18. The van der Waals surface area contributed by atoms with Crippen molar-refractivity contribution in [2.24, 2.45) is 0 Å². The van der Waals surface area contributed by atoms with Crippen LogP contribution in [-0.4, -0.2) is 22.6 Å². The number of aromatic nitrogens is 1. The molecule has 0 unspecified atom stereocenters. The van der Waals surface area contributed by atoms with Crippen molar-refractivity contribution in [1.82, 2.24) is 9.47 Å². The molecule has 1 aromatic heterocycles. The predicted octanol–water partition coefficient (Wildman–Crippen LogP) is 4.62. The first-order valence-electron chi connectivity index (χ1n) is 9.26. The number of rotatable bonds is 6. The quantitative estimate of drug-likeness (QED) is 0.662. The Morgan fingerprint density at radius 3 is 2.31 bits per heavy atom. The zero-order chi connectivity index (χ0) is 18.7. The Hall–Kier alpha value is -2.77. The monoisotopic (exact) mass is 346 g/mol. The summed E-state index contributed by atoms with van der Waals surface area (Å²) in [6.45, 7) is 10.3. The third-order valence-electron chi connectivity index (χ3n) is 5.04. The molecule has 3 aromatic rings. The maximum absolute atomic E-state index is 9.84. The summed E-state index contributed by atoms with van der Waals surface area (Å²) in [5, 5.41) is 10.9. The van der Waals surface area contributed by atoms with Crippen molar-refractivity contribution in [3.8, 4) is 17.3 Å². The summed E-state index contributed by atoms with van der Waals surface area (Å²) in [6, 6.07) is 16.7. The predicted molar refractivity (Wildman–Crippen MR) is 109 cm³/mol. The van der Waals surface area contributed by atoms with Crippen LogP contribution in [0.2, 0.25) is 0 Å². The SMILES string of the molecule is CCN(CC)Cc1ccc2c(C#N)c(-c3ccc(N)cc3)n(CC)c2c1. The lowest BCUT2D eigenvalue weighted by atomic mass is 10.0. The first-order valence-corrected chi connectivity index (χ1v) is 9.26. The van der Waals surface area contributed by atoms with Crippen LogP contribution >= 0.6 is 0 Å². The minimum absolute atomic E-state index is 0.730. The van der Waals surface area contributed by atoms with Gasteiger partial charge in [0.2, 0.25) is 0 Å². The number of nitrogen functional groups attached to an aromatic ring is 1. The summed E-state index contributed by atoms with van der Waals surface area (Å²) in [5.74, 6) is 0. The Morgan fingerprint density at radius 1 is 1.04 bits per heavy atom. The molecule has 0 spiro atoms. The topological polar surface area (TPSA) is 58.0 Å². The standard InChI is InChI=1S/C22H26N4/c1-4-25(5-2)15-16-7-12-19-20(14-23)22(26(6-3)21(19)13-16)17-8-10-18(24)11-9-17/h7-13H,4-6,15,24H2,1-3H3. The molecule has 134 valence electrons. The Morgan fingerprint density at radius 2 is 1.73 bits per heavy atom. The molecule has 0 fully saturated rings. The Balaban J connectivity index is 2.19. The van der Waals surface area contributed by atoms with E-state index in [-0.39, 0.29) is 0 Å². The smallest absolute Gasteiger partial charge is 0.102 e. The second-order valence-electron chi connectivity index (χ2n) is 6.51. The molecule has 2 N–H and O–H groups in total. The van der Waals surface area contributed by atoms with Crippen LogP contribution in [0.3, 0.4) is 0 Å². The minimum atomic E-state index is 0.730. The van der Waals surface area contributed by atoms with E-state index in [1.54, 1.807) is 0 Å². The van der Waals surface area contributed by atoms with Gasteiger partial charge in [-0.2, -0.15) is 5.26 Å². The van der Waals surface area contributed by atoms with Crippen LogP contribution in [0.1, 0.15) is 31.9 Å². The number of nitrogens with two attached hydrogens (primary N) is 1. The van der Waals surface area contributed by atoms with Gasteiger partial charge in [0.05, 0.1) is 16.8 Å². The zero-order valence-electron chi connectivity index (χ0n) is 15.8. The summed E-state index contributed by atoms with van der Waals surface area (Å²) in [7, 11) is 0. The van der Waals surface area contributed by atoms with Gasteiger partial charge in [-0.15, -0.1) is 0 Å². The summed E-state index contributed by atoms with van der Waals surface area (Å²) >= 11 is 0. The Kier molecular flexibility index (Phi) is 5.29. The molecule has 4 nitrogen and oxygen atoms in total. The van der Waals surface area contributed by atoms with Crippen LogP contribution < -0.4 is 5.73 Å². The van der Waals surface area contributed by atoms with Crippen molar-refractivity contribution in [3.63, 3.8) is 0 Å². The molecule has 0 saturated carbocycles. The van der Waals surface area contributed by atoms with E-state index in [1.165, 1.54) is 5.56 Å². The fraction of sp³-hybridized carbons (Fsp3) is 0.318. The number of nitriles is 1. The number of fused-ring (bicyclic) bond motifs is 1. The highest BCUT2D eigenvalue weighted by Gasteiger charge is 2.18. The molecule has 0 saturated heterocycles. The molecule has 0 aliphatic rings. The van der Waals surface area contributed by atoms with Gasteiger partial charge in [-0.3, -0.25) is 4.90 Å². The van der Waals surface area contributed by atoms with E-state index in [4.69, 9.17) is 5.73 Å². The highest BCUT2D eigenvalue weighted by molar-refractivity contribution is 5.95. The van der Waals surface area contributed by atoms with Crippen LogP contribution in [0.25, 0.3) is 22.2 Å². The average Bonchev–Trinajstić information content (AvgIpc) is 2.99. The molecular formula is C22H26N4. The van der Waals surface area contributed by atoms with Crippen molar-refractivity contribution in [2.75, 3.05) is 18.8 Å². The molecule has 0 aliphatic carbocycles. The first kappa shape index (κ1) is 18.0. The fourth-order valence-electron chi connectivity index (χ4n) is 3.58. The van der Waals surface area contributed by atoms with Gasteiger partial charge in [-0.1, -0.05) is 38.1 Å². The van der Waals surface area contributed by atoms with Gasteiger partial charge in [0, 0.05) is 24.2 Å². The highest BCUT2D eigenvalue weighted by atomic mass is 15.1. The van der Waals surface area contributed by atoms with Crippen molar-refractivity contribution in [3.05, 3.63) is 53.6 Å². The molecule has 26 heavy (non-hydrogen) atoms. The maximum atomic E-state index is 9.84. The molecule has 0 amide bonds. The molecule has 4 heteroatoms. The van der Waals surface area contributed by atoms with Crippen LogP contribution in [0.4, 0.5) is 5.69 Å². The number of aryl methyl sites for hydroxylation is 1. The molecular weight excluding hydrogens is 320 g/mol. The van der Waals surface area contributed by atoms with Gasteiger partial charge in [0.25, 0.3) is 0 Å². The van der Waals surface area contributed by atoms with Gasteiger partial charge >= 0.3 is 0 Å². The van der Waals surface area contributed by atoms with E-state index in [0.717, 1.165) is 59.6 Å². The number of hydrogen-bond donors (Lipinski definition) is 1. The van der Waals surface area contributed by atoms with Crippen molar-refractivity contribution in [1.29, 1.82) is 5.26 Å². The van der Waals surface area contributed by atoms with E-state index in [1.807, 2.05) is 24.3 Å². The van der Waals surface area contributed by atoms with Gasteiger partial charge in [0.15, 0.2) is 0 Å². The third kappa shape index (κ3) is 3.18. The molecule has 0 bridgehead atoms. The molecule has 0 atom stereocenters. The van der Waals surface area contributed by atoms with Gasteiger partial charge < -0.3 is 10.3 Å². The largest absolute Gasteiger partial charge is 0.399 e. The lowest BCUT2D eigenvalue weighted by Crippen LogP contribution is -2.22. The van der Waals surface area contributed by atoms with E-state index in [0.29, 0.717) is 0 Å². The van der Waals surface area contributed by atoms with Crippen molar-refractivity contribution < 1.29 is 0 Å². The molecule has 0 aliphatic heterocycles. The molecule has 2 aromatic carbocycles. The van der Waals surface area contributed by atoms with Crippen LogP contribution in [0.5, 0.6) is 0 Å². The number of benzene rings is 2. The molecule has 0 radical (unpaired) electrons.